The van der Waals surface area contributed by atoms with Crippen LogP contribution in [0.25, 0.3) is 0 Å². The monoisotopic (exact) mass is 206 g/mol. The van der Waals surface area contributed by atoms with Crippen molar-refractivity contribution in [3.05, 3.63) is 0 Å². The van der Waals surface area contributed by atoms with Crippen LogP contribution >= 0.6 is 34.8 Å². The lowest BCUT2D eigenvalue weighted by Crippen LogP contribution is -2.17. The molecular formula is C4H9Cl3OSi. The van der Waals surface area contributed by atoms with E-state index in [4.69, 9.17) is 39.2 Å². The summed E-state index contributed by atoms with van der Waals surface area (Å²) in [4.78, 5) is 0. The second-order valence-electron chi connectivity index (χ2n) is 1.67. The maximum absolute atomic E-state index is 5.44. The molecule has 0 bridgehead atoms. The van der Waals surface area contributed by atoms with Crippen molar-refractivity contribution >= 4 is 44.6 Å². The van der Waals surface area contributed by atoms with Gasteiger partial charge in [0.05, 0.1) is 0 Å². The standard InChI is InChI=1S/C4H9Cl3OSi/c1-2-3-8-9-4(5,6)7/h2-3,9H2,1H3. The third kappa shape index (κ3) is 9.05. The molecule has 0 aliphatic carbocycles. The highest BCUT2D eigenvalue weighted by atomic mass is 35.6. The largest absolute Gasteiger partial charge is 0.419 e. The smallest absolute Gasteiger partial charge is 0.218 e. The Bertz CT molecular complexity index is 72.7. The van der Waals surface area contributed by atoms with Crippen LogP contribution in [0.3, 0.4) is 0 Å². The van der Waals surface area contributed by atoms with Gasteiger partial charge in [-0.25, -0.2) is 0 Å². The molecule has 0 N–H and O–H groups in total. The van der Waals surface area contributed by atoms with E-state index in [1.807, 2.05) is 6.92 Å². The van der Waals surface area contributed by atoms with Crippen LogP contribution in [-0.4, -0.2) is 19.8 Å². The van der Waals surface area contributed by atoms with E-state index in [9.17, 15) is 0 Å². The minimum Gasteiger partial charge on any atom is -0.419 e. The average Bonchev–Trinajstić information content (AvgIpc) is 1.63. The zero-order chi connectivity index (χ0) is 7.33. The zero-order valence-corrected chi connectivity index (χ0v) is 8.85. The molecule has 56 valence electrons. The van der Waals surface area contributed by atoms with Crippen LogP contribution < -0.4 is 0 Å². The first-order chi connectivity index (χ1) is 4.06. The molecule has 0 fully saturated rings. The van der Waals surface area contributed by atoms with E-state index >= 15 is 0 Å². The van der Waals surface area contributed by atoms with E-state index in [0.717, 1.165) is 6.42 Å². The SMILES string of the molecule is CCCO[SiH2]C(Cl)(Cl)Cl. The van der Waals surface area contributed by atoms with Crippen molar-refractivity contribution in [2.45, 2.75) is 16.8 Å². The summed E-state index contributed by atoms with van der Waals surface area (Å²) in [7, 11) is -0.965. The Hall–Kier alpha value is 1.05. The summed E-state index contributed by atoms with van der Waals surface area (Å²) in [5.41, 5.74) is 0. The molecule has 1 nitrogen and oxygen atoms in total. The number of alkyl halides is 3. The molecule has 0 heterocycles. The molecule has 0 aromatic rings. The number of halogens is 3. The highest BCUT2D eigenvalue weighted by Gasteiger charge is 2.20. The number of hydrogen-bond donors (Lipinski definition) is 0. The number of hydrogen-bond acceptors (Lipinski definition) is 1. The minimum absolute atomic E-state index is 0.708. The summed E-state index contributed by atoms with van der Waals surface area (Å²) >= 11 is 16.3. The first-order valence-electron chi connectivity index (χ1n) is 2.70. The third-order valence-corrected chi connectivity index (χ3v) is 2.42. The van der Waals surface area contributed by atoms with E-state index in [0.29, 0.717) is 6.61 Å². The molecule has 0 saturated carbocycles. The maximum Gasteiger partial charge on any atom is 0.218 e. The second kappa shape index (κ2) is 4.80. The van der Waals surface area contributed by atoms with Gasteiger partial charge in [-0.1, -0.05) is 41.7 Å². The van der Waals surface area contributed by atoms with E-state index < -0.39 is 13.2 Å². The second-order valence-corrected chi connectivity index (χ2v) is 7.29. The molecule has 0 radical (unpaired) electrons. The topological polar surface area (TPSA) is 9.23 Å². The van der Waals surface area contributed by atoms with Gasteiger partial charge in [-0.15, -0.1) is 0 Å². The molecule has 0 spiro atoms. The van der Waals surface area contributed by atoms with E-state index in [1.165, 1.54) is 0 Å². The van der Waals surface area contributed by atoms with Crippen LogP contribution in [0.15, 0.2) is 0 Å². The summed E-state index contributed by atoms with van der Waals surface area (Å²) in [5.74, 6) is 0. The molecule has 0 aliphatic heterocycles. The van der Waals surface area contributed by atoms with Crippen LogP contribution in [0.2, 0.25) is 0 Å². The lowest BCUT2D eigenvalue weighted by atomic mass is 10.5. The normalized spacial score (nSPS) is 13.3. The highest BCUT2D eigenvalue weighted by molar-refractivity contribution is 6.85. The molecule has 0 unspecified atom stereocenters. The van der Waals surface area contributed by atoms with Crippen LogP contribution in [0, 0.1) is 0 Å². The van der Waals surface area contributed by atoms with Gasteiger partial charge in [0.2, 0.25) is 9.76 Å². The molecular weight excluding hydrogens is 198 g/mol. The summed E-state index contributed by atoms with van der Waals surface area (Å²) in [6, 6.07) is 0. The Morgan fingerprint density at radius 1 is 1.44 bits per heavy atom. The maximum atomic E-state index is 5.44. The predicted octanol–water partition coefficient (Wildman–Crippen LogP) is 1.82. The van der Waals surface area contributed by atoms with Crippen molar-refractivity contribution < 1.29 is 4.43 Å². The predicted molar refractivity (Wildman–Crippen MR) is 45.1 cm³/mol. The van der Waals surface area contributed by atoms with Crippen LogP contribution in [0.4, 0.5) is 0 Å². The number of rotatable bonds is 3. The van der Waals surface area contributed by atoms with E-state index in [1.54, 1.807) is 0 Å². The lowest BCUT2D eigenvalue weighted by Gasteiger charge is -2.08. The van der Waals surface area contributed by atoms with Gasteiger partial charge in [0, 0.05) is 6.61 Å². The first kappa shape index (κ1) is 10.0. The quantitative estimate of drug-likeness (QED) is 0.390. The van der Waals surface area contributed by atoms with Crippen molar-refractivity contribution in [2.75, 3.05) is 6.61 Å². The van der Waals surface area contributed by atoms with Crippen molar-refractivity contribution in [2.24, 2.45) is 0 Å². The minimum atomic E-state index is -1.12. The highest BCUT2D eigenvalue weighted by Crippen LogP contribution is 2.23. The van der Waals surface area contributed by atoms with Gasteiger partial charge in [-0.2, -0.15) is 0 Å². The summed E-state index contributed by atoms with van der Waals surface area (Å²) < 4.78 is 3.97. The van der Waals surface area contributed by atoms with Crippen molar-refractivity contribution in [1.82, 2.24) is 0 Å². The van der Waals surface area contributed by atoms with Gasteiger partial charge in [0.25, 0.3) is 0 Å². The molecule has 0 aromatic heterocycles. The summed E-state index contributed by atoms with van der Waals surface area (Å²) in [6.45, 7) is 2.73. The van der Waals surface area contributed by atoms with Crippen LogP contribution in [-0.2, 0) is 4.43 Å². The molecule has 5 heteroatoms. The summed E-state index contributed by atoms with van der Waals surface area (Å²) in [6.07, 6.45) is 0.980. The Kier molecular flexibility index (Phi) is 5.36. The van der Waals surface area contributed by atoms with Gasteiger partial charge < -0.3 is 4.43 Å². The van der Waals surface area contributed by atoms with E-state index in [-0.39, 0.29) is 0 Å². The Balaban J connectivity index is 3.07. The molecule has 0 aromatic carbocycles. The van der Waals surface area contributed by atoms with Crippen LogP contribution in [0.5, 0.6) is 0 Å². The fourth-order valence-corrected chi connectivity index (χ4v) is 1.69. The molecule has 0 amide bonds. The Morgan fingerprint density at radius 2 is 2.00 bits per heavy atom. The van der Waals surface area contributed by atoms with Crippen molar-refractivity contribution in [3.8, 4) is 0 Å². The van der Waals surface area contributed by atoms with Gasteiger partial charge >= 0.3 is 0 Å². The zero-order valence-electron chi connectivity index (χ0n) is 5.16. The Labute approximate surface area is 72.6 Å². The van der Waals surface area contributed by atoms with E-state index in [2.05, 4.69) is 0 Å². The average molecular weight is 208 g/mol. The molecule has 0 aliphatic rings. The van der Waals surface area contributed by atoms with Crippen LogP contribution in [0.1, 0.15) is 13.3 Å². The molecule has 9 heavy (non-hydrogen) atoms. The molecule has 0 atom stereocenters. The van der Waals surface area contributed by atoms with Gasteiger partial charge in [0.15, 0.2) is 3.42 Å². The molecule has 0 rings (SSSR count). The fourth-order valence-electron chi connectivity index (χ4n) is 0.332. The van der Waals surface area contributed by atoms with Crippen molar-refractivity contribution in [3.63, 3.8) is 0 Å². The Morgan fingerprint density at radius 3 is 2.33 bits per heavy atom. The third-order valence-electron chi connectivity index (χ3n) is 0.614. The van der Waals surface area contributed by atoms with Gasteiger partial charge in [-0.05, 0) is 6.42 Å². The summed E-state index contributed by atoms with van der Waals surface area (Å²) in [5, 5.41) is 0. The van der Waals surface area contributed by atoms with Gasteiger partial charge in [-0.3, -0.25) is 0 Å². The first-order valence-corrected chi connectivity index (χ1v) is 5.12. The fraction of sp³-hybridized carbons (Fsp3) is 1.00. The lowest BCUT2D eigenvalue weighted by molar-refractivity contribution is 0.335. The van der Waals surface area contributed by atoms with Gasteiger partial charge in [0.1, 0.15) is 0 Å². The van der Waals surface area contributed by atoms with Crippen molar-refractivity contribution in [1.29, 1.82) is 0 Å². The molecule has 0 saturated heterocycles.